The zero-order chi connectivity index (χ0) is 4.71. The van der Waals surface area contributed by atoms with Gasteiger partial charge in [0.05, 0.1) is 0 Å². The Bertz CT molecular complexity index is 5.51. The highest BCUT2D eigenvalue weighted by atomic mass is 17.0. The van der Waals surface area contributed by atoms with Crippen LogP contribution in [0.5, 0.6) is 0 Å². The Balaban J connectivity index is -0.0000000275. The third-order valence-electron chi connectivity index (χ3n) is 0. The number of hydrogen-bond donors (Lipinski definition) is 3. The number of rotatable bonds is 0. The van der Waals surface area contributed by atoms with Gasteiger partial charge in [-0.25, -0.2) is 0 Å². The molecule has 0 saturated heterocycles. The van der Waals surface area contributed by atoms with Gasteiger partial charge in [-0.1, -0.05) is 0 Å². The summed E-state index contributed by atoms with van der Waals surface area (Å²) in [6.45, 7) is 1.93. The lowest BCUT2D eigenvalue weighted by Gasteiger charge is -1.52. The second-order valence-corrected chi connectivity index (χ2v) is 0.316. The van der Waals surface area contributed by atoms with E-state index in [0.717, 1.165) is 0 Å². The third kappa shape index (κ3) is 1210. The molecule has 5 N–H and O–H groups in total. The highest BCUT2D eigenvalue weighted by Crippen LogP contribution is 1.30. The van der Waals surface area contributed by atoms with Crippen LogP contribution in [0, 0.1) is 0 Å². The van der Waals surface area contributed by atoms with Crippen molar-refractivity contribution in [3.8, 4) is 0 Å². The maximum absolute atomic E-state index is 7.57. The molecule has 0 heterocycles. The largest absolute Gasteiger partial charge is 0.412 e. The Labute approximate surface area is 35.9 Å². The molecule has 0 rings (SSSR count). The predicted octanol–water partition coefficient (Wildman–Crippen LogP) is -0.809. The highest BCUT2D eigenvalue weighted by Gasteiger charge is 1.34. The van der Waals surface area contributed by atoms with Crippen LogP contribution in [0.4, 0.5) is 0 Å². The first-order valence-electron chi connectivity index (χ1n) is 1.22. The summed E-state index contributed by atoms with van der Waals surface area (Å²) in [5, 5.41) is 19.6. The van der Waals surface area contributed by atoms with Gasteiger partial charge in [0.25, 0.3) is 0 Å². The fraction of sp³-hybridized carbons (Fsp3) is 1.00. The van der Waals surface area contributed by atoms with Gasteiger partial charge in [-0.05, 0) is 6.92 Å². The summed E-state index contributed by atoms with van der Waals surface area (Å²) < 4.78 is 0. The molecule has 0 aliphatic heterocycles. The summed E-state index contributed by atoms with van der Waals surface area (Å²) in [6.07, 6.45) is 0. The van der Waals surface area contributed by atoms with Crippen LogP contribution in [-0.4, -0.2) is 27.7 Å². The average Bonchev–Trinajstić information content (AvgIpc) is 1.46. The van der Waals surface area contributed by atoms with Crippen LogP contribution >= 0.6 is 0 Å². The van der Waals surface area contributed by atoms with E-state index < -0.39 is 0 Å². The minimum Gasteiger partial charge on any atom is -0.412 e. The fourth-order valence-corrected chi connectivity index (χ4v) is 0. The molecule has 0 saturated carbocycles. The summed E-state index contributed by atoms with van der Waals surface area (Å²) in [5.41, 5.74) is 0. The average molecular weight is 98.1 g/mol. The van der Waals surface area contributed by atoms with Crippen molar-refractivity contribution in [2.24, 2.45) is 0 Å². The topological polar surface area (TPSA) is 92.2 Å². The van der Waals surface area contributed by atoms with Gasteiger partial charge in [-0.3, -0.25) is 10.5 Å². The molecule has 4 heteroatoms. The molecule has 0 radical (unpaired) electrons. The Morgan fingerprint density at radius 3 is 1.33 bits per heavy atom. The smallest absolute Gasteiger partial charge is 0.0402 e. The van der Waals surface area contributed by atoms with E-state index in [1.54, 1.807) is 6.92 Å². The molecular weight excluding hydrogens is 88.0 g/mol. The zero-order valence-corrected chi connectivity index (χ0v) is 3.55. The molecule has 6 heavy (non-hydrogen) atoms. The van der Waals surface area contributed by atoms with Crippen LogP contribution in [0.15, 0.2) is 0 Å². The van der Waals surface area contributed by atoms with Crippen LogP contribution in [0.25, 0.3) is 0 Å². The Morgan fingerprint density at radius 2 is 1.33 bits per heavy atom. The van der Waals surface area contributed by atoms with E-state index in [2.05, 4.69) is 0 Å². The molecule has 0 unspecified atom stereocenters. The van der Waals surface area contributed by atoms with Gasteiger partial charge >= 0.3 is 0 Å². The van der Waals surface area contributed by atoms with E-state index in [9.17, 15) is 0 Å². The van der Waals surface area contributed by atoms with E-state index in [0.29, 0.717) is 0 Å². The second kappa shape index (κ2) is 101. The molecule has 42 valence electrons. The van der Waals surface area contributed by atoms with Crippen LogP contribution in [0.2, 0.25) is 0 Å². The first-order valence-corrected chi connectivity index (χ1v) is 1.22. The molecule has 0 aromatic rings. The summed E-state index contributed by atoms with van der Waals surface area (Å²) in [4.78, 5) is 0. The second-order valence-electron chi connectivity index (χ2n) is 0.316. The Morgan fingerprint density at radius 1 is 1.33 bits per heavy atom. The van der Waals surface area contributed by atoms with Crippen LogP contribution in [-0.2, 0) is 0 Å². The van der Waals surface area contributed by atoms with Crippen molar-refractivity contribution in [3.63, 3.8) is 0 Å². The number of aliphatic hydroxyl groups excluding tert-OH is 1. The van der Waals surface area contributed by atoms with Gasteiger partial charge in [0.15, 0.2) is 0 Å². The Kier molecular flexibility index (Phi) is 286. The standard InChI is InChI=1S/C2H6O.H2O2.H2O/c1-2-3;1-2;/h3H,2H2,1H3;1-2H;1H2. The van der Waals surface area contributed by atoms with E-state index in [4.69, 9.17) is 15.6 Å². The first-order chi connectivity index (χ1) is 2.41. The van der Waals surface area contributed by atoms with Gasteiger partial charge in [0.2, 0.25) is 0 Å². The fourth-order valence-electron chi connectivity index (χ4n) is 0. The molecule has 0 aromatic carbocycles. The van der Waals surface area contributed by atoms with Gasteiger partial charge in [0.1, 0.15) is 0 Å². The van der Waals surface area contributed by atoms with Crippen molar-refractivity contribution in [1.29, 1.82) is 0 Å². The highest BCUT2D eigenvalue weighted by molar-refractivity contribution is 3.84. The monoisotopic (exact) mass is 98.1 g/mol. The van der Waals surface area contributed by atoms with Crippen LogP contribution < -0.4 is 0 Å². The molecule has 0 aliphatic carbocycles. The lowest BCUT2D eigenvalue weighted by Crippen LogP contribution is -1.57. The van der Waals surface area contributed by atoms with E-state index >= 15 is 0 Å². The summed E-state index contributed by atoms with van der Waals surface area (Å²) in [6, 6.07) is 0. The summed E-state index contributed by atoms with van der Waals surface area (Å²) in [7, 11) is 0. The van der Waals surface area contributed by atoms with Gasteiger partial charge in [0, 0.05) is 6.61 Å². The van der Waals surface area contributed by atoms with Gasteiger partial charge < -0.3 is 10.6 Å². The molecule has 4 nitrogen and oxygen atoms in total. The molecule has 0 aliphatic rings. The third-order valence-corrected chi connectivity index (χ3v) is 0. The number of hydrogen-bond acceptors (Lipinski definition) is 3. The van der Waals surface area contributed by atoms with Crippen molar-refractivity contribution in [1.82, 2.24) is 0 Å². The van der Waals surface area contributed by atoms with E-state index in [1.165, 1.54) is 0 Å². The van der Waals surface area contributed by atoms with Crippen molar-refractivity contribution < 1.29 is 21.1 Å². The molecule has 0 fully saturated rings. The lowest BCUT2D eigenvalue weighted by molar-refractivity contribution is -0.176. The normalized spacial score (nSPS) is 4.00. The summed E-state index contributed by atoms with van der Waals surface area (Å²) in [5.74, 6) is 0. The van der Waals surface area contributed by atoms with Gasteiger partial charge in [-0.2, -0.15) is 0 Å². The zero-order valence-electron chi connectivity index (χ0n) is 3.55. The van der Waals surface area contributed by atoms with Crippen molar-refractivity contribution >= 4 is 0 Å². The van der Waals surface area contributed by atoms with Gasteiger partial charge in [-0.15, -0.1) is 0 Å². The van der Waals surface area contributed by atoms with Crippen molar-refractivity contribution in [2.75, 3.05) is 6.61 Å². The quantitative estimate of drug-likeness (QED) is 0.273. The Hall–Kier alpha value is -0.160. The predicted molar refractivity (Wildman–Crippen MR) is 21.6 cm³/mol. The maximum atomic E-state index is 7.57. The molecule has 0 amide bonds. The van der Waals surface area contributed by atoms with Crippen LogP contribution in [0.1, 0.15) is 6.92 Å². The van der Waals surface area contributed by atoms with Crippen molar-refractivity contribution in [2.45, 2.75) is 6.92 Å². The summed E-state index contributed by atoms with van der Waals surface area (Å²) >= 11 is 0. The van der Waals surface area contributed by atoms with Crippen LogP contribution in [0.3, 0.4) is 0 Å². The molecule has 0 aromatic heterocycles. The molecule has 0 spiro atoms. The van der Waals surface area contributed by atoms with E-state index in [1.807, 2.05) is 0 Å². The number of aliphatic hydroxyl groups is 1. The minimum atomic E-state index is 0. The lowest BCUT2D eigenvalue weighted by atomic mass is 10.9. The molecule has 0 atom stereocenters. The molecular formula is C2H10O4. The minimum absolute atomic E-state index is 0. The maximum Gasteiger partial charge on any atom is 0.0402 e. The van der Waals surface area contributed by atoms with Crippen molar-refractivity contribution in [3.05, 3.63) is 0 Å². The SMILES string of the molecule is CCO.O.OO. The van der Waals surface area contributed by atoms with E-state index in [-0.39, 0.29) is 12.1 Å². The molecule has 0 bridgehead atoms. The first kappa shape index (κ1) is 17.0.